The summed E-state index contributed by atoms with van der Waals surface area (Å²) < 4.78 is 5.23. The number of amides is 1. The summed E-state index contributed by atoms with van der Waals surface area (Å²) in [6.45, 7) is 6.61. The van der Waals surface area contributed by atoms with Crippen LogP contribution in [0.4, 0.5) is 5.00 Å². The number of nitrogens with zero attached hydrogens (tertiary/aromatic N) is 2. The normalized spacial score (nSPS) is 17.3. The van der Waals surface area contributed by atoms with Crippen molar-refractivity contribution >= 4 is 28.2 Å². The number of carbonyl (C=O) groups is 2. The van der Waals surface area contributed by atoms with Crippen LogP contribution in [0, 0.1) is 17.2 Å². The molecule has 26 heavy (non-hydrogen) atoms. The summed E-state index contributed by atoms with van der Waals surface area (Å²) >= 11 is 1.49. The Bertz CT molecular complexity index is 708. The van der Waals surface area contributed by atoms with E-state index in [2.05, 4.69) is 18.3 Å². The molecule has 2 atom stereocenters. The predicted octanol–water partition coefficient (Wildman–Crippen LogP) is 3.22. The highest BCUT2D eigenvalue weighted by molar-refractivity contribution is 7.17. The highest BCUT2D eigenvalue weighted by atomic mass is 32.1. The fourth-order valence-corrected chi connectivity index (χ4v) is 4.50. The van der Waals surface area contributed by atoms with Crippen molar-refractivity contribution in [3.63, 3.8) is 0 Å². The summed E-state index contributed by atoms with van der Waals surface area (Å²) in [5.41, 5.74) is 1.56. The molecular formula is C19H27N3O3S. The van der Waals surface area contributed by atoms with Gasteiger partial charge in [-0.25, -0.2) is 4.79 Å². The van der Waals surface area contributed by atoms with Crippen molar-refractivity contribution in [3.8, 4) is 6.07 Å². The average molecular weight is 378 g/mol. The van der Waals surface area contributed by atoms with Gasteiger partial charge < -0.3 is 10.1 Å². The van der Waals surface area contributed by atoms with Crippen LogP contribution in [-0.2, 0) is 22.4 Å². The first-order chi connectivity index (χ1) is 12.4. The Morgan fingerprint density at radius 3 is 2.88 bits per heavy atom. The lowest BCUT2D eigenvalue weighted by molar-refractivity contribution is -0.120. The molecule has 0 radical (unpaired) electrons. The molecule has 0 aromatic carbocycles. The molecule has 0 aliphatic heterocycles. The largest absolute Gasteiger partial charge is 0.462 e. The van der Waals surface area contributed by atoms with Crippen molar-refractivity contribution in [1.82, 2.24) is 4.90 Å². The maximum absolute atomic E-state index is 12.6. The van der Waals surface area contributed by atoms with Crippen LogP contribution in [0.1, 0.15) is 54.4 Å². The third kappa shape index (κ3) is 4.63. The van der Waals surface area contributed by atoms with Gasteiger partial charge in [-0.05, 0) is 51.6 Å². The van der Waals surface area contributed by atoms with Gasteiger partial charge in [0.05, 0.1) is 24.3 Å². The molecule has 1 amide bonds. The van der Waals surface area contributed by atoms with Gasteiger partial charge in [0.25, 0.3) is 0 Å². The number of likely N-dealkylation sites (N-methyl/N-ethyl adjacent to an activating group) is 1. The second kappa shape index (κ2) is 9.15. The van der Waals surface area contributed by atoms with Gasteiger partial charge in [0.15, 0.2) is 0 Å². The Kier molecular flexibility index (Phi) is 7.18. The van der Waals surface area contributed by atoms with Crippen LogP contribution in [-0.4, -0.2) is 43.0 Å². The Morgan fingerprint density at radius 2 is 2.23 bits per heavy atom. The Labute approximate surface area is 159 Å². The quantitative estimate of drug-likeness (QED) is 0.738. The number of fused-ring (bicyclic) bond motifs is 1. The Balaban J connectivity index is 2.24. The maximum atomic E-state index is 12.6. The lowest BCUT2D eigenvalue weighted by atomic mass is 9.88. The number of esters is 1. The van der Waals surface area contributed by atoms with Crippen molar-refractivity contribution in [1.29, 1.82) is 5.26 Å². The number of ether oxygens (including phenoxy) is 1. The van der Waals surface area contributed by atoms with Crippen LogP contribution >= 0.6 is 11.3 Å². The lowest BCUT2D eigenvalue weighted by Gasteiger charge is -2.22. The van der Waals surface area contributed by atoms with Crippen LogP contribution < -0.4 is 5.32 Å². The van der Waals surface area contributed by atoms with Gasteiger partial charge in [-0.15, -0.1) is 11.3 Å². The minimum Gasteiger partial charge on any atom is -0.462 e. The van der Waals surface area contributed by atoms with Crippen LogP contribution in [0.25, 0.3) is 0 Å². The number of hydrogen-bond donors (Lipinski definition) is 1. The van der Waals surface area contributed by atoms with Gasteiger partial charge in [0.2, 0.25) is 5.91 Å². The summed E-state index contributed by atoms with van der Waals surface area (Å²) in [4.78, 5) is 28.1. The van der Waals surface area contributed by atoms with Gasteiger partial charge >= 0.3 is 5.97 Å². The van der Waals surface area contributed by atoms with E-state index < -0.39 is 6.04 Å². The van der Waals surface area contributed by atoms with E-state index in [4.69, 9.17) is 10.00 Å². The number of thiophene rings is 1. The lowest BCUT2D eigenvalue weighted by Crippen LogP contribution is -2.40. The number of hydrogen-bond acceptors (Lipinski definition) is 6. The van der Waals surface area contributed by atoms with Crippen molar-refractivity contribution in [2.45, 2.75) is 52.5 Å². The molecule has 0 fully saturated rings. The average Bonchev–Trinajstić information content (AvgIpc) is 2.95. The molecule has 1 aromatic rings. The Morgan fingerprint density at radius 1 is 1.50 bits per heavy atom. The van der Waals surface area contributed by atoms with E-state index >= 15 is 0 Å². The van der Waals surface area contributed by atoms with E-state index in [0.717, 1.165) is 24.8 Å². The highest BCUT2D eigenvalue weighted by Crippen LogP contribution is 2.40. The first-order valence-electron chi connectivity index (χ1n) is 9.08. The van der Waals surface area contributed by atoms with Crippen LogP contribution in [0.3, 0.4) is 0 Å². The predicted molar refractivity (Wildman–Crippen MR) is 102 cm³/mol. The van der Waals surface area contributed by atoms with E-state index in [1.54, 1.807) is 13.8 Å². The summed E-state index contributed by atoms with van der Waals surface area (Å²) in [5, 5.41) is 12.2. The zero-order valence-corrected chi connectivity index (χ0v) is 16.7. The monoisotopic (exact) mass is 377 g/mol. The SMILES string of the molecule is CCOC(=O)c1c(NC(=O)C(C)N(C)CCC#N)sc2c1CCC(C)C2. The van der Waals surface area contributed by atoms with Crippen LogP contribution in [0.2, 0.25) is 0 Å². The summed E-state index contributed by atoms with van der Waals surface area (Å²) in [6.07, 6.45) is 3.18. The van der Waals surface area contributed by atoms with Crippen LogP contribution in [0.5, 0.6) is 0 Å². The van der Waals surface area contributed by atoms with Gasteiger partial charge in [-0.1, -0.05) is 6.92 Å². The standard InChI is InChI=1S/C19H27N3O3S/c1-5-25-19(24)16-14-8-7-12(2)11-15(14)26-18(16)21-17(23)13(3)22(4)10-6-9-20/h12-13H,5-8,10-11H2,1-4H3,(H,21,23). The number of carbonyl (C=O) groups excluding carboxylic acids is 2. The molecule has 0 saturated heterocycles. The second-order valence-electron chi connectivity index (χ2n) is 6.83. The molecule has 1 aromatic heterocycles. The fourth-order valence-electron chi connectivity index (χ4n) is 3.09. The van der Waals surface area contributed by atoms with E-state index in [1.807, 2.05) is 11.9 Å². The molecule has 142 valence electrons. The number of nitriles is 1. The third-order valence-electron chi connectivity index (χ3n) is 4.84. The van der Waals surface area contributed by atoms with E-state index in [1.165, 1.54) is 16.2 Å². The van der Waals surface area contributed by atoms with Crippen molar-refractivity contribution in [2.75, 3.05) is 25.5 Å². The van der Waals surface area contributed by atoms with Crippen LogP contribution in [0.15, 0.2) is 0 Å². The van der Waals surface area contributed by atoms with Crippen molar-refractivity contribution < 1.29 is 14.3 Å². The third-order valence-corrected chi connectivity index (χ3v) is 6.01. The smallest absolute Gasteiger partial charge is 0.341 e. The Hall–Kier alpha value is -1.91. The summed E-state index contributed by atoms with van der Waals surface area (Å²) in [6, 6.07) is 1.69. The zero-order chi connectivity index (χ0) is 19.3. The summed E-state index contributed by atoms with van der Waals surface area (Å²) in [5.74, 6) is 0.0405. The maximum Gasteiger partial charge on any atom is 0.341 e. The van der Waals surface area contributed by atoms with Crippen molar-refractivity contribution in [2.24, 2.45) is 5.92 Å². The van der Waals surface area contributed by atoms with E-state index in [-0.39, 0.29) is 11.9 Å². The molecule has 2 unspecified atom stereocenters. The zero-order valence-electron chi connectivity index (χ0n) is 15.9. The van der Waals surface area contributed by atoms with Gasteiger partial charge in [-0.2, -0.15) is 5.26 Å². The van der Waals surface area contributed by atoms with Gasteiger partial charge in [0.1, 0.15) is 5.00 Å². The molecule has 0 bridgehead atoms. The molecule has 2 rings (SSSR count). The van der Waals surface area contributed by atoms with E-state index in [9.17, 15) is 9.59 Å². The van der Waals surface area contributed by atoms with E-state index in [0.29, 0.717) is 36.1 Å². The highest BCUT2D eigenvalue weighted by Gasteiger charge is 2.30. The van der Waals surface area contributed by atoms with Gasteiger partial charge in [0, 0.05) is 17.8 Å². The minimum atomic E-state index is -0.392. The number of rotatable bonds is 7. The number of anilines is 1. The molecule has 1 aliphatic rings. The van der Waals surface area contributed by atoms with Crippen molar-refractivity contribution in [3.05, 3.63) is 16.0 Å². The molecule has 7 heteroatoms. The second-order valence-corrected chi connectivity index (χ2v) is 7.94. The van der Waals surface area contributed by atoms with Gasteiger partial charge in [-0.3, -0.25) is 9.69 Å². The molecule has 1 N–H and O–H groups in total. The molecule has 0 saturated carbocycles. The molecular weight excluding hydrogens is 350 g/mol. The molecule has 0 spiro atoms. The molecule has 1 heterocycles. The molecule has 6 nitrogen and oxygen atoms in total. The first kappa shape index (κ1) is 20.4. The summed E-state index contributed by atoms with van der Waals surface area (Å²) in [7, 11) is 1.81. The minimum absolute atomic E-state index is 0.178. The fraction of sp³-hybridized carbons (Fsp3) is 0.632. The number of nitrogens with one attached hydrogen (secondary N) is 1. The molecule has 1 aliphatic carbocycles. The first-order valence-corrected chi connectivity index (χ1v) is 9.90. The topological polar surface area (TPSA) is 82.4 Å².